The van der Waals surface area contributed by atoms with Crippen molar-refractivity contribution in [3.05, 3.63) is 42.1 Å². The highest BCUT2D eigenvalue weighted by Gasteiger charge is 2.08. The number of aromatic nitrogens is 1. The molecule has 0 aliphatic rings. The zero-order valence-electron chi connectivity index (χ0n) is 10.8. The largest absolute Gasteiger partial charge is 0.497 e. The van der Waals surface area contributed by atoms with Gasteiger partial charge in [-0.2, -0.15) is 0 Å². The summed E-state index contributed by atoms with van der Waals surface area (Å²) in [4.78, 5) is 6.39. The molecule has 1 heterocycles. The van der Waals surface area contributed by atoms with Gasteiger partial charge in [-0.05, 0) is 42.8 Å². The van der Waals surface area contributed by atoms with Gasteiger partial charge in [0.25, 0.3) is 0 Å². The van der Waals surface area contributed by atoms with Gasteiger partial charge in [-0.25, -0.2) is 4.98 Å². The molecular weight excluding hydrogens is 226 g/mol. The lowest BCUT2D eigenvalue weighted by Crippen LogP contribution is -2.12. The maximum absolute atomic E-state index is 5.71. The lowest BCUT2D eigenvalue weighted by atomic mass is 10.2. The minimum absolute atomic E-state index is 0.680. The molecule has 0 aliphatic heterocycles. The van der Waals surface area contributed by atoms with Crippen molar-refractivity contribution in [1.82, 2.24) is 4.98 Å². The molecule has 0 bridgehead atoms. The van der Waals surface area contributed by atoms with Gasteiger partial charge >= 0.3 is 0 Å². The molecular formula is C14H17N3O. The summed E-state index contributed by atoms with van der Waals surface area (Å²) >= 11 is 0. The van der Waals surface area contributed by atoms with E-state index in [1.54, 1.807) is 13.3 Å². The molecule has 94 valence electrons. The van der Waals surface area contributed by atoms with Crippen LogP contribution in [0.1, 0.15) is 5.56 Å². The SMILES string of the molecule is COc1ccc(N(C)c2ncc(N)cc2C)cc1. The fraction of sp³-hybridized carbons (Fsp3) is 0.214. The molecule has 4 heteroatoms. The Bertz CT molecular complexity index is 537. The van der Waals surface area contributed by atoms with Gasteiger partial charge in [0.15, 0.2) is 0 Å². The first-order chi connectivity index (χ1) is 8.61. The molecule has 1 aromatic carbocycles. The molecule has 0 atom stereocenters. The molecule has 0 unspecified atom stereocenters. The number of hydrogen-bond donors (Lipinski definition) is 1. The van der Waals surface area contributed by atoms with Crippen LogP contribution in [-0.2, 0) is 0 Å². The average Bonchev–Trinajstić information content (AvgIpc) is 2.38. The zero-order valence-corrected chi connectivity index (χ0v) is 10.8. The number of nitrogen functional groups attached to an aromatic ring is 1. The second-order valence-corrected chi connectivity index (χ2v) is 4.17. The Morgan fingerprint density at radius 1 is 1.22 bits per heavy atom. The average molecular weight is 243 g/mol. The van der Waals surface area contributed by atoms with Crippen LogP contribution < -0.4 is 15.4 Å². The fourth-order valence-corrected chi connectivity index (χ4v) is 1.87. The van der Waals surface area contributed by atoms with Crippen LogP contribution in [-0.4, -0.2) is 19.1 Å². The van der Waals surface area contributed by atoms with E-state index in [0.717, 1.165) is 22.8 Å². The van der Waals surface area contributed by atoms with Gasteiger partial charge in [0.05, 0.1) is 19.0 Å². The maximum Gasteiger partial charge on any atom is 0.135 e. The minimum Gasteiger partial charge on any atom is -0.497 e. The highest BCUT2D eigenvalue weighted by atomic mass is 16.5. The van der Waals surface area contributed by atoms with Gasteiger partial charge in [0.2, 0.25) is 0 Å². The Kier molecular flexibility index (Phi) is 3.37. The van der Waals surface area contributed by atoms with Crippen LogP contribution >= 0.6 is 0 Å². The van der Waals surface area contributed by atoms with E-state index in [2.05, 4.69) is 4.98 Å². The standard InChI is InChI=1S/C14H17N3O/c1-10-8-11(15)9-16-14(10)17(2)12-4-6-13(18-3)7-5-12/h4-9H,15H2,1-3H3. The van der Waals surface area contributed by atoms with Crippen molar-refractivity contribution in [3.63, 3.8) is 0 Å². The van der Waals surface area contributed by atoms with Crippen molar-refractivity contribution in [2.45, 2.75) is 6.92 Å². The molecule has 2 N–H and O–H groups in total. The lowest BCUT2D eigenvalue weighted by Gasteiger charge is -2.20. The Balaban J connectivity index is 2.31. The number of rotatable bonds is 3. The van der Waals surface area contributed by atoms with Gasteiger partial charge in [-0.1, -0.05) is 0 Å². The smallest absolute Gasteiger partial charge is 0.135 e. The number of nitrogens with zero attached hydrogens (tertiary/aromatic N) is 2. The molecule has 0 aliphatic carbocycles. The van der Waals surface area contributed by atoms with Crippen molar-refractivity contribution in [2.75, 3.05) is 24.8 Å². The van der Waals surface area contributed by atoms with Gasteiger partial charge in [0.1, 0.15) is 11.6 Å². The van der Waals surface area contributed by atoms with E-state index in [1.165, 1.54) is 0 Å². The van der Waals surface area contributed by atoms with E-state index in [0.29, 0.717) is 5.69 Å². The Morgan fingerprint density at radius 2 is 1.89 bits per heavy atom. The van der Waals surface area contributed by atoms with Gasteiger partial charge in [-0.15, -0.1) is 0 Å². The van der Waals surface area contributed by atoms with Gasteiger partial charge in [0, 0.05) is 12.7 Å². The molecule has 0 saturated heterocycles. The first-order valence-electron chi connectivity index (χ1n) is 5.71. The summed E-state index contributed by atoms with van der Waals surface area (Å²) in [5, 5.41) is 0. The molecule has 0 spiro atoms. The number of anilines is 3. The number of hydrogen-bond acceptors (Lipinski definition) is 4. The quantitative estimate of drug-likeness (QED) is 0.900. The molecule has 0 fully saturated rings. The van der Waals surface area contributed by atoms with Crippen LogP contribution in [0.5, 0.6) is 5.75 Å². The first kappa shape index (κ1) is 12.2. The minimum atomic E-state index is 0.680. The number of aryl methyl sites for hydroxylation is 1. The van der Waals surface area contributed by atoms with Crippen LogP contribution in [0, 0.1) is 6.92 Å². The highest BCUT2D eigenvalue weighted by molar-refractivity contribution is 5.64. The lowest BCUT2D eigenvalue weighted by molar-refractivity contribution is 0.415. The predicted octanol–water partition coefficient (Wildman–Crippen LogP) is 2.75. The molecule has 4 nitrogen and oxygen atoms in total. The van der Waals surface area contributed by atoms with Gasteiger partial charge in [-0.3, -0.25) is 0 Å². The van der Waals surface area contributed by atoms with Crippen LogP contribution in [0.3, 0.4) is 0 Å². The zero-order chi connectivity index (χ0) is 13.1. The fourth-order valence-electron chi connectivity index (χ4n) is 1.87. The summed E-state index contributed by atoms with van der Waals surface area (Å²) in [6, 6.07) is 9.77. The number of ether oxygens (including phenoxy) is 1. The monoisotopic (exact) mass is 243 g/mol. The molecule has 2 rings (SSSR count). The number of pyridine rings is 1. The van der Waals surface area contributed by atoms with Crippen LogP contribution in [0.25, 0.3) is 0 Å². The molecule has 18 heavy (non-hydrogen) atoms. The summed E-state index contributed by atoms with van der Waals surface area (Å²) < 4.78 is 5.14. The molecule has 0 radical (unpaired) electrons. The van der Waals surface area contributed by atoms with Crippen LogP contribution in [0.2, 0.25) is 0 Å². The van der Waals surface area contributed by atoms with Crippen LogP contribution in [0.4, 0.5) is 17.2 Å². The third kappa shape index (κ3) is 2.37. The summed E-state index contributed by atoms with van der Waals surface area (Å²) in [7, 11) is 3.64. The van der Waals surface area contributed by atoms with E-state index >= 15 is 0 Å². The van der Waals surface area contributed by atoms with Crippen LogP contribution in [0.15, 0.2) is 36.5 Å². The normalized spacial score (nSPS) is 10.2. The Labute approximate surface area is 107 Å². The third-order valence-corrected chi connectivity index (χ3v) is 2.85. The number of benzene rings is 1. The van der Waals surface area contributed by atoms with Crippen molar-refractivity contribution < 1.29 is 4.74 Å². The van der Waals surface area contributed by atoms with E-state index in [1.807, 2.05) is 49.2 Å². The molecule has 0 saturated carbocycles. The summed E-state index contributed by atoms with van der Waals surface area (Å²) in [6.07, 6.45) is 1.67. The predicted molar refractivity (Wildman–Crippen MR) is 74.4 cm³/mol. The van der Waals surface area contributed by atoms with Crippen molar-refractivity contribution in [1.29, 1.82) is 0 Å². The van der Waals surface area contributed by atoms with Crippen molar-refractivity contribution in [3.8, 4) is 5.75 Å². The highest BCUT2D eigenvalue weighted by Crippen LogP contribution is 2.26. The Morgan fingerprint density at radius 3 is 2.44 bits per heavy atom. The topological polar surface area (TPSA) is 51.4 Å². The summed E-state index contributed by atoms with van der Waals surface area (Å²) in [6.45, 7) is 2.00. The maximum atomic E-state index is 5.71. The first-order valence-corrected chi connectivity index (χ1v) is 5.71. The van der Waals surface area contributed by atoms with E-state index < -0.39 is 0 Å². The Hall–Kier alpha value is -2.23. The van der Waals surface area contributed by atoms with Crippen molar-refractivity contribution in [2.24, 2.45) is 0 Å². The number of nitrogens with two attached hydrogens (primary N) is 1. The summed E-state index contributed by atoms with van der Waals surface area (Å²) in [5.74, 6) is 1.74. The van der Waals surface area contributed by atoms with E-state index in [9.17, 15) is 0 Å². The van der Waals surface area contributed by atoms with E-state index in [4.69, 9.17) is 10.5 Å². The molecule has 0 amide bonds. The van der Waals surface area contributed by atoms with Crippen molar-refractivity contribution >= 4 is 17.2 Å². The second-order valence-electron chi connectivity index (χ2n) is 4.17. The molecule has 1 aromatic heterocycles. The second kappa shape index (κ2) is 4.96. The van der Waals surface area contributed by atoms with Gasteiger partial charge < -0.3 is 15.4 Å². The molecule has 2 aromatic rings. The van der Waals surface area contributed by atoms with E-state index in [-0.39, 0.29) is 0 Å². The third-order valence-electron chi connectivity index (χ3n) is 2.85. The summed E-state index contributed by atoms with van der Waals surface area (Å²) in [5.41, 5.74) is 8.49. The number of methoxy groups -OCH3 is 1.